The molecule has 0 spiro atoms. The van der Waals surface area contributed by atoms with Gasteiger partial charge in [-0.15, -0.1) is 0 Å². The van der Waals surface area contributed by atoms with Gasteiger partial charge in [-0.1, -0.05) is 38.5 Å². The molecule has 1 aromatic carbocycles. The largest absolute Gasteiger partial charge is 0.461 e. The molecule has 1 heterocycles. The fourth-order valence-corrected chi connectivity index (χ4v) is 3.37. The molecule has 0 aliphatic heterocycles. The number of benzene rings is 1. The van der Waals surface area contributed by atoms with Crippen molar-refractivity contribution >= 4 is 11.0 Å². The van der Waals surface area contributed by atoms with Crippen molar-refractivity contribution in [3.8, 4) is 0 Å². The van der Waals surface area contributed by atoms with E-state index >= 15 is 0 Å². The van der Waals surface area contributed by atoms with Crippen LogP contribution in [0.5, 0.6) is 0 Å². The first-order chi connectivity index (χ1) is 9.08. The summed E-state index contributed by atoms with van der Waals surface area (Å²) in [4.78, 5) is 0. The minimum absolute atomic E-state index is 0.424. The molecule has 3 rings (SSSR count). The summed E-state index contributed by atoms with van der Waals surface area (Å²) in [5.74, 6) is 1.05. The molecule has 0 amide bonds. The second kappa shape index (κ2) is 4.68. The molecule has 1 saturated carbocycles. The first-order valence-corrected chi connectivity index (χ1v) is 7.28. The van der Waals surface area contributed by atoms with Crippen molar-refractivity contribution in [2.24, 2.45) is 5.41 Å². The third-order valence-electron chi connectivity index (χ3n) is 4.68. The summed E-state index contributed by atoms with van der Waals surface area (Å²) in [6, 6.07) is 8.94. The van der Waals surface area contributed by atoms with Crippen LogP contribution in [0.2, 0.25) is 0 Å². The maximum absolute atomic E-state index is 5.83. The summed E-state index contributed by atoms with van der Waals surface area (Å²) in [5.41, 5.74) is 2.74. The summed E-state index contributed by atoms with van der Waals surface area (Å²) in [6.45, 7) is 7.73. The lowest BCUT2D eigenvalue weighted by atomic mass is 9.87. The molecule has 2 heteroatoms. The highest BCUT2D eigenvalue weighted by molar-refractivity contribution is 5.82. The van der Waals surface area contributed by atoms with Gasteiger partial charge in [-0.3, -0.25) is 0 Å². The number of nitrogens with one attached hydrogen (secondary N) is 1. The highest BCUT2D eigenvalue weighted by Crippen LogP contribution is 2.37. The highest BCUT2D eigenvalue weighted by Gasteiger charge is 2.34. The molecular weight excluding hydrogens is 234 g/mol. The maximum atomic E-state index is 5.83. The third kappa shape index (κ3) is 2.30. The van der Waals surface area contributed by atoms with Crippen molar-refractivity contribution < 1.29 is 4.42 Å². The number of furan rings is 1. The Morgan fingerprint density at radius 1 is 1.32 bits per heavy atom. The van der Waals surface area contributed by atoms with E-state index in [2.05, 4.69) is 38.2 Å². The Hall–Kier alpha value is -1.28. The molecular formula is C17H23NO. The van der Waals surface area contributed by atoms with E-state index in [1.54, 1.807) is 0 Å². The zero-order chi connectivity index (χ0) is 13.5. The van der Waals surface area contributed by atoms with Crippen LogP contribution in [0.1, 0.15) is 44.4 Å². The average molecular weight is 257 g/mol. The molecule has 1 N–H and O–H groups in total. The van der Waals surface area contributed by atoms with Crippen molar-refractivity contribution in [2.45, 2.75) is 52.6 Å². The zero-order valence-corrected chi connectivity index (χ0v) is 12.1. The van der Waals surface area contributed by atoms with Crippen LogP contribution in [-0.2, 0) is 6.54 Å². The molecule has 1 aromatic heterocycles. The Morgan fingerprint density at radius 3 is 2.84 bits per heavy atom. The smallest absolute Gasteiger partial charge is 0.134 e. The topological polar surface area (TPSA) is 25.2 Å². The normalized spacial score (nSPS) is 22.2. The van der Waals surface area contributed by atoms with Gasteiger partial charge in [0.25, 0.3) is 0 Å². The van der Waals surface area contributed by atoms with E-state index in [4.69, 9.17) is 4.42 Å². The Bertz CT molecular complexity index is 582. The van der Waals surface area contributed by atoms with Crippen LogP contribution in [-0.4, -0.2) is 6.04 Å². The SMILES string of the molecule is Cc1oc2ccccc2c1CNC1CCCC1(C)C. The number of aryl methyl sites for hydroxylation is 1. The summed E-state index contributed by atoms with van der Waals surface area (Å²) in [5, 5.41) is 5.00. The van der Waals surface area contributed by atoms with Crippen LogP contribution in [0.3, 0.4) is 0 Å². The van der Waals surface area contributed by atoms with Gasteiger partial charge in [-0.25, -0.2) is 0 Å². The molecule has 1 fully saturated rings. The van der Waals surface area contributed by atoms with Crippen LogP contribution in [0.15, 0.2) is 28.7 Å². The minimum atomic E-state index is 0.424. The van der Waals surface area contributed by atoms with Crippen molar-refractivity contribution in [1.82, 2.24) is 5.32 Å². The van der Waals surface area contributed by atoms with Gasteiger partial charge in [-0.05, 0) is 31.2 Å². The van der Waals surface area contributed by atoms with Gasteiger partial charge in [0.1, 0.15) is 11.3 Å². The molecule has 1 unspecified atom stereocenters. The predicted octanol–water partition coefficient (Wildman–Crippen LogP) is 4.41. The van der Waals surface area contributed by atoms with Crippen LogP contribution in [0.4, 0.5) is 0 Å². The number of fused-ring (bicyclic) bond motifs is 1. The lowest BCUT2D eigenvalue weighted by Crippen LogP contribution is -2.37. The maximum Gasteiger partial charge on any atom is 0.134 e. The Morgan fingerprint density at radius 2 is 2.11 bits per heavy atom. The van der Waals surface area contributed by atoms with E-state index in [0.717, 1.165) is 17.9 Å². The standard InChI is InChI=1S/C17H23NO/c1-12-14(13-7-4-5-8-15(13)19-12)11-18-16-9-6-10-17(16,2)3/h4-5,7-8,16,18H,6,9-11H2,1-3H3. The molecule has 2 aromatic rings. The predicted molar refractivity (Wildman–Crippen MR) is 79.2 cm³/mol. The molecule has 2 nitrogen and oxygen atoms in total. The van der Waals surface area contributed by atoms with Gasteiger partial charge < -0.3 is 9.73 Å². The third-order valence-corrected chi connectivity index (χ3v) is 4.68. The quantitative estimate of drug-likeness (QED) is 0.881. The fourth-order valence-electron chi connectivity index (χ4n) is 3.37. The van der Waals surface area contributed by atoms with Gasteiger partial charge >= 0.3 is 0 Å². The molecule has 0 bridgehead atoms. The van der Waals surface area contributed by atoms with Gasteiger partial charge in [-0.2, -0.15) is 0 Å². The van der Waals surface area contributed by atoms with Crippen molar-refractivity contribution in [3.05, 3.63) is 35.6 Å². The summed E-state index contributed by atoms with van der Waals surface area (Å²) < 4.78 is 5.83. The first-order valence-electron chi connectivity index (χ1n) is 7.28. The summed E-state index contributed by atoms with van der Waals surface area (Å²) in [7, 11) is 0. The second-order valence-corrected chi connectivity index (χ2v) is 6.45. The van der Waals surface area contributed by atoms with Crippen LogP contribution < -0.4 is 5.32 Å². The van der Waals surface area contributed by atoms with Gasteiger partial charge in [0.2, 0.25) is 0 Å². The van der Waals surface area contributed by atoms with Gasteiger partial charge in [0.15, 0.2) is 0 Å². The lowest BCUT2D eigenvalue weighted by Gasteiger charge is -2.28. The van der Waals surface area contributed by atoms with Crippen molar-refractivity contribution in [3.63, 3.8) is 0 Å². The monoisotopic (exact) mass is 257 g/mol. The molecule has 102 valence electrons. The second-order valence-electron chi connectivity index (χ2n) is 6.45. The minimum Gasteiger partial charge on any atom is -0.461 e. The van der Waals surface area contributed by atoms with E-state index in [0.29, 0.717) is 11.5 Å². The number of hydrogen-bond acceptors (Lipinski definition) is 2. The van der Waals surface area contributed by atoms with Crippen molar-refractivity contribution in [2.75, 3.05) is 0 Å². The van der Waals surface area contributed by atoms with Gasteiger partial charge in [0, 0.05) is 23.5 Å². The lowest BCUT2D eigenvalue weighted by molar-refractivity contribution is 0.282. The van der Waals surface area contributed by atoms with E-state index in [9.17, 15) is 0 Å². The van der Waals surface area contributed by atoms with Crippen LogP contribution >= 0.6 is 0 Å². The first kappa shape index (κ1) is 12.7. The summed E-state index contributed by atoms with van der Waals surface area (Å²) >= 11 is 0. The molecule has 1 aliphatic rings. The average Bonchev–Trinajstić information content (AvgIpc) is 2.86. The summed E-state index contributed by atoms with van der Waals surface area (Å²) in [6.07, 6.45) is 3.97. The van der Waals surface area contributed by atoms with E-state index in [1.165, 1.54) is 30.2 Å². The van der Waals surface area contributed by atoms with Gasteiger partial charge in [0.05, 0.1) is 0 Å². The Labute approximate surface area is 115 Å². The zero-order valence-electron chi connectivity index (χ0n) is 12.1. The van der Waals surface area contributed by atoms with E-state index in [1.807, 2.05) is 12.1 Å². The van der Waals surface area contributed by atoms with E-state index in [-0.39, 0.29) is 0 Å². The van der Waals surface area contributed by atoms with E-state index < -0.39 is 0 Å². The van der Waals surface area contributed by atoms with Crippen molar-refractivity contribution in [1.29, 1.82) is 0 Å². The number of hydrogen-bond donors (Lipinski definition) is 1. The Balaban J connectivity index is 1.80. The van der Waals surface area contributed by atoms with Crippen LogP contribution in [0, 0.1) is 12.3 Å². The molecule has 1 aliphatic carbocycles. The fraction of sp³-hybridized carbons (Fsp3) is 0.529. The molecule has 19 heavy (non-hydrogen) atoms. The highest BCUT2D eigenvalue weighted by atomic mass is 16.3. The number of rotatable bonds is 3. The Kier molecular flexibility index (Phi) is 3.14. The number of para-hydroxylation sites is 1. The molecule has 1 atom stereocenters. The molecule has 0 radical (unpaired) electrons. The van der Waals surface area contributed by atoms with Crippen LogP contribution in [0.25, 0.3) is 11.0 Å². The molecule has 0 saturated heterocycles.